The van der Waals surface area contributed by atoms with Crippen LogP contribution in [0.2, 0.25) is 0 Å². The van der Waals surface area contributed by atoms with E-state index in [1.807, 2.05) is 7.11 Å². The van der Waals surface area contributed by atoms with Crippen LogP contribution in [0.5, 0.6) is 0 Å². The van der Waals surface area contributed by atoms with Crippen molar-refractivity contribution in [3.63, 3.8) is 0 Å². The summed E-state index contributed by atoms with van der Waals surface area (Å²) in [6, 6.07) is 53.0. The quantitative estimate of drug-likeness (QED) is 0.0884. The van der Waals surface area contributed by atoms with E-state index >= 15 is 0 Å². The number of benzene rings is 8. The van der Waals surface area contributed by atoms with Gasteiger partial charge in [-0.05, 0) is 185 Å². The SMILES string of the molecule is C=C.C=C.C=C.C=C.CC(=O)O.CC(=O)O.CC(=O)O.CC(=O)O.CN1/C(=C/C=C2\CCCC(/C=C/C3=[N+](C)c4ccc5ccccc5c4C3(C)C)=C2Cl)C(C)(C)c2c1ccc1ccccc21.COC1=C(/C=C/C2=[N+](C)c3ccc4ccccc4c3C2(C)C)CCC/C1=C\C=C1\N(C)c2ccc3ccccc3c2C1(C)C. The number of carboxylic acid groups (broad SMARTS) is 4. The van der Waals surface area contributed by atoms with Crippen molar-refractivity contribution in [1.29, 1.82) is 0 Å². The first-order valence-corrected chi connectivity index (χ1v) is 37.5. The van der Waals surface area contributed by atoms with Gasteiger partial charge in [-0.15, -0.1) is 52.6 Å². The summed E-state index contributed by atoms with van der Waals surface area (Å²) in [5.41, 5.74) is 20.6. The summed E-state index contributed by atoms with van der Waals surface area (Å²) < 4.78 is 10.9. The summed E-state index contributed by atoms with van der Waals surface area (Å²) >= 11 is 7.16. The van der Waals surface area contributed by atoms with Gasteiger partial charge in [0.25, 0.3) is 23.9 Å². The van der Waals surface area contributed by atoms with E-state index in [0.29, 0.717) is 0 Å². The Morgan fingerprint density at radius 1 is 0.405 bits per heavy atom. The molecule has 6 aliphatic rings. The number of allylic oxidation sites excluding steroid dienone is 15. The van der Waals surface area contributed by atoms with Crippen molar-refractivity contribution in [2.24, 2.45) is 0 Å². The first-order valence-electron chi connectivity index (χ1n) is 37.1. The van der Waals surface area contributed by atoms with Gasteiger partial charge in [0.2, 0.25) is 11.4 Å². The van der Waals surface area contributed by atoms with Gasteiger partial charge in [0.05, 0.1) is 17.9 Å². The molecule has 0 saturated heterocycles. The average Bonchev–Trinajstić information content (AvgIpc) is 1.60. The minimum absolute atomic E-state index is 0.106. The highest BCUT2D eigenvalue weighted by Crippen LogP contribution is 2.53. The molecule has 0 spiro atoms. The first kappa shape index (κ1) is 90.2. The maximum absolute atomic E-state index is 9.00. The van der Waals surface area contributed by atoms with E-state index in [2.05, 4.69) is 349 Å². The van der Waals surface area contributed by atoms with Gasteiger partial charge in [0.1, 0.15) is 19.9 Å². The molecule has 4 aliphatic heterocycles. The predicted octanol–water partition coefficient (Wildman–Crippen LogP) is 23.9. The second kappa shape index (κ2) is 39.8. The number of hydrogen-bond donors (Lipinski definition) is 4. The standard InChI is InChI=1S/C41H43N2O.C40H40ClN2.4C2H4O2.4C2H4/c1-40(2)35(42(5)33-23-19-27-13-8-10-17-31(27)37(33)40)25-21-29-15-12-16-30(39(29)44-7)22-26-36-41(3,4)38-32-18-11-9-14-28(32)20-24-34(38)43(36)6;1-39(2)34(42(5)32-22-18-26-12-7-9-16-30(26)36(32)39)24-20-28-14-11-15-29(38(28)41)21-25-35-40(3,4)37-31-17-10-8-13-27(31)19-23-33(37)43(35)6;4*1-2(3)4;4*1-2/h8-11,13-14,17-26H,12,15-16H2,1-7H3;7-10,12-13,16-25H,11,14-15H2,1-6H3;4*1H3,(H,3,4);4*1-2H2/q2*+1;;;;;;;;. The van der Waals surface area contributed by atoms with Gasteiger partial charge < -0.3 is 35.0 Å². The van der Waals surface area contributed by atoms with Crippen LogP contribution in [0.3, 0.4) is 0 Å². The molecule has 0 amide bonds. The zero-order valence-electron chi connectivity index (χ0n) is 68.4. The maximum atomic E-state index is 9.00. The van der Waals surface area contributed by atoms with Gasteiger partial charge in [-0.3, -0.25) is 19.2 Å². The molecule has 0 radical (unpaired) electrons. The zero-order valence-corrected chi connectivity index (χ0v) is 69.1. The molecule has 4 N–H and O–H groups in total. The Balaban J connectivity index is 0.000000310. The Hall–Kier alpha value is -11.4. The minimum Gasteiger partial charge on any atom is -0.496 e. The lowest BCUT2D eigenvalue weighted by atomic mass is 9.78. The van der Waals surface area contributed by atoms with Crippen LogP contribution in [0.25, 0.3) is 43.1 Å². The number of carbonyl (C=O) groups is 4. The number of rotatable bonds is 7. The van der Waals surface area contributed by atoms with Crippen molar-refractivity contribution in [3.05, 3.63) is 314 Å². The summed E-state index contributed by atoms with van der Waals surface area (Å²) in [4.78, 5) is 40.7. The Kier molecular flexibility index (Phi) is 32.3. The molecular weight excluding hydrogens is 1400 g/mol. The zero-order chi connectivity index (χ0) is 83.2. The smallest absolute Gasteiger partial charge is 0.300 e. The van der Waals surface area contributed by atoms with Crippen LogP contribution >= 0.6 is 11.6 Å². The van der Waals surface area contributed by atoms with E-state index in [4.69, 9.17) is 55.9 Å². The highest BCUT2D eigenvalue weighted by molar-refractivity contribution is 6.32. The molecule has 582 valence electrons. The number of ether oxygens (including phenoxy) is 1. The number of anilines is 2. The lowest BCUT2D eigenvalue weighted by molar-refractivity contribution is -0.401. The van der Waals surface area contributed by atoms with E-state index in [1.54, 1.807) is 0 Å². The van der Waals surface area contributed by atoms with Crippen molar-refractivity contribution < 1.29 is 53.5 Å². The van der Waals surface area contributed by atoms with E-state index in [-0.39, 0.29) is 21.7 Å². The monoisotopic (exact) mass is 1510 g/mol. The fourth-order valence-electron chi connectivity index (χ4n) is 16.2. The number of methoxy groups -OCH3 is 1. The molecule has 14 heteroatoms. The molecule has 4 heterocycles. The van der Waals surface area contributed by atoms with Crippen molar-refractivity contribution in [3.8, 4) is 0 Å². The molecule has 0 unspecified atom stereocenters. The molecular formula is C97H115ClN4O9+2. The van der Waals surface area contributed by atoms with Gasteiger partial charge in [0, 0.05) is 116 Å². The molecule has 0 saturated carbocycles. The number of hydrogen-bond acceptors (Lipinski definition) is 7. The lowest BCUT2D eigenvalue weighted by Crippen LogP contribution is -2.27. The number of fused-ring (bicyclic) bond motifs is 12. The Labute approximate surface area is 664 Å². The van der Waals surface area contributed by atoms with Crippen molar-refractivity contribution in [2.75, 3.05) is 45.1 Å². The van der Waals surface area contributed by atoms with Crippen LogP contribution in [-0.2, 0) is 45.6 Å². The van der Waals surface area contributed by atoms with Crippen LogP contribution in [0.4, 0.5) is 22.7 Å². The van der Waals surface area contributed by atoms with Crippen molar-refractivity contribution in [1.82, 2.24) is 0 Å². The second-order valence-electron chi connectivity index (χ2n) is 29.1. The fourth-order valence-corrected chi connectivity index (χ4v) is 16.5. The minimum atomic E-state index is -0.833. The number of halogens is 1. The largest absolute Gasteiger partial charge is 0.496 e. The normalized spacial score (nSPS) is 17.6. The molecule has 0 fully saturated rings. The number of carboxylic acids is 4. The summed E-state index contributed by atoms with van der Waals surface area (Å²) in [6.45, 7) is 47.1. The molecule has 0 aromatic heterocycles. The summed E-state index contributed by atoms with van der Waals surface area (Å²) in [6.07, 6.45) is 24.7. The van der Waals surface area contributed by atoms with Crippen LogP contribution in [0.1, 0.15) is 144 Å². The average molecular weight is 1520 g/mol. The van der Waals surface area contributed by atoms with E-state index in [0.717, 1.165) is 77.0 Å². The number of aliphatic carboxylic acids is 4. The summed E-state index contributed by atoms with van der Waals surface area (Å²) in [7, 11) is 10.6. The fraction of sp³-hybridized carbons (Fsp3) is 0.278. The molecule has 2 aliphatic carbocycles. The highest BCUT2D eigenvalue weighted by atomic mass is 35.5. The molecule has 0 atom stereocenters. The van der Waals surface area contributed by atoms with E-state index in [1.165, 1.54) is 133 Å². The number of likely N-dealkylation sites (N-methyl/N-ethyl adjacent to an activating group) is 2. The Morgan fingerprint density at radius 2 is 0.694 bits per heavy atom. The van der Waals surface area contributed by atoms with Gasteiger partial charge in [-0.25, -0.2) is 0 Å². The number of nitrogens with zero attached hydrogens (tertiary/aromatic N) is 4. The molecule has 13 nitrogen and oxygen atoms in total. The molecule has 111 heavy (non-hydrogen) atoms. The molecule has 8 aromatic rings. The third-order valence-electron chi connectivity index (χ3n) is 20.5. The summed E-state index contributed by atoms with van der Waals surface area (Å²) in [5, 5.41) is 41.1. The van der Waals surface area contributed by atoms with Crippen molar-refractivity contribution in [2.45, 2.75) is 143 Å². The first-order chi connectivity index (χ1) is 52.7. The van der Waals surface area contributed by atoms with Crippen LogP contribution in [0, 0.1) is 0 Å². The third-order valence-corrected chi connectivity index (χ3v) is 21.0. The van der Waals surface area contributed by atoms with Crippen LogP contribution < -0.4 is 9.80 Å². The Morgan fingerprint density at radius 3 is 1.04 bits per heavy atom. The topological polar surface area (TPSA) is 171 Å². The van der Waals surface area contributed by atoms with E-state index in [9.17, 15) is 0 Å². The van der Waals surface area contributed by atoms with Crippen LogP contribution in [0.15, 0.2) is 291 Å². The highest BCUT2D eigenvalue weighted by Gasteiger charge is 2.46. The van der Waals surface area contributed by atoms with Gasteiger partial charge in [0.15, 0.2) is 11.4 Å². The van der Waals surface area contributed by atoms with Gasteiger partial charge in [-0.1, -0.05) is 167 Å². The second-order valence-corrected chi connectivity index (χ2v) is 29.4. The van der Waals surface area contributed by atoms with Crippen LogP contribution in [-0.4, -0.2) is 100 Å². The molecule has 8 aromatic carbocycles. The lowest BCUT2D eigenvalue weighted by Gasteiger charge is -2.25. The Bertz CT molecular complexity index is 5050. The van der Waals surface area contributed by atoms with Crippen molar-refractivity contribution >= 4 is 113 Å². The summed E-state index contributed by atoms with van der Waals surface area (Å²) in [5.74, 6) is -2.31. The third kappa shape index (κ3) is 20.0. The predicted molar refractivity (Wildman–Crippen MR) is 470 cm³/mol. The molecule has 14 rings (SSSR count). The molecule has 0 bridgehead atoms. The van der Waals surface area contributed by atoms with E-state index < -0.39 is 23.9 Å². The maximum Gasteiger partial charge on any atom is 0.300 e. The van der Waals surface area contributed by atoms with Gasteiger partial charge >= 0.3 is 0 Å². The van der Waals surface area contributed by atoms with Gasteiger partial charge in [-0.2, -0.15) is 9.15 Å².